The Bertz CT molecular complexity index is 501. The van der Waals surface area contributed by atoms with Crippen molar-refractivity contribution in [2.24, 2.45) is 5.92 Å². The molecule has 1 saturated heterocycles. The van der Waals surface area contributed by atoms with E-state index in [0.29, 0.717) is 6.61 Å². The molecule has 1 heterocycles. The lowest BCUT2D eigenvalue weighted by Gasteiger charge is -2.30. The van der Waals surface area contributed by atoms with Gasteiger partial charge in [0.2, 0.25) is 5.91 Å². The van der Waals surface area contributed by atoms with Crippen molar-refractivity contribution in [2.75, 3.05) is 13.2 Å². The van der Waals surface area contributed by atoms with Gasteiger partial charge in [-0.15, -0.1) is 0 Å². The van der Waals surface area contributed by atoms with E-state index in [4.69, 9.17) is 4.74 Å². The summed E-state index contributed by atoms with van der Waals surface area (Å²) in [5.41, 5.74) is 0.795. The Hall–Kier alpha value is -1.91. The third-order valence-corrected chi connectivity index (χ3v) is 3.75. The highest BCUT2D eigenvalue weighted by Gasteiger charge is 2.36. The topological polar surface area (TPSA) is 55.4 Å². The number of unbranched alkanes of at least 4 members (excludes halogenated alkanes) is 1. The second-order valence-corrected chi connectivity index (χ2v) is 5.29. The molecule has 0 aromatic heterocycles. The van der Waals surface area contributed by atoms with Gasteiger partial charge >= 0.3 is 5.97 Å². The number of benzene rings is 1. The highest BCUT2D eigenvalue weighted by molar-refractivity contribution is 5.83. The van der Waals surface area contributed by atoms with Crippen LogP contribution >= 0.6 is 0 Å². The second kappa shape index (κ2) is 7.20. The Morgan fingerprint density at radius 1 is 1.38 bits per heavy atom. The van der Waals surface area contributed by atoms with Gasteiger partial charge in [0.1, 0.15) is 5.82 Å². The molecular formula is C16H20FNO3. The zero-order valence-corrected chi connectivity index (χ0v) is 12.1. The average molecular weight is 293 g/mol. The third kappa shape index (κ3) is 4.03. The molecule has 4 nitrogen and oxygen atoms in total. The molecular weight excluding hydrogens is 273 g/mol. The van der Waals surface area contributed by atoms with Gasteiger partial charge in [-0.2, -0.15) is 0 Å². The van der Waals surface area contributed by atoms with Crippen molar-refractivity contribution in [1.82, 2.24) is 5.32 Å². The molecule has 114 valence electrons. The van der Waals surface area contributed by atoms with Gasteiger partial charge in [0, 0.05) is 18.9 Å². The number of hydrogen-bond donors (Lipinski definition) is 1. The van der Waals surface area contributed by atoms with E-state index in [0.717, 1.165) is 18.4 Å². The summed E-state index contributed by atoms with van der Waals surface area (Å²) in [6.45, 7) is 2.69. The first-order chi connectivity index (χ1) is 10.1. The molecule has 1 aromatic rings. The average Bonchev–Trinajstić information content (AvgIpc) is 2.48. The molecule has 2 rings (SSSR count). The van der Waals surface area contributed by atoms with Crippen LogP contribution in [0.1, 0.15) is 37.7 Å². The number of piperidine rings is 1. The molecule has 0 unspecified atom stereocenters. The molecule has 21 heavy (non-hydrogen) atoms. The fourth-order valence-electron chi connectivity index (χ4n) is 2.51. The molecule has 1 aromatic carbocycles. The zero-order valence-electron chi connectivity index (χ0n) is 12.1. The van der Waals surface area contributed by atoms with Crippen LogP contribution in [-0.4, -0.2) is 25.0 Å². The standard InChI is InChI=1S/C16H20FNO3/c1-2-3-8-21-16(20)14-10-18-15(19)9-13(14)11-4-6-12(17)7-5-11/h4-7,13-14H,2-3,8-10H2,1H3,(H,18,19)/t13-,14-/m1/s1. The van der Waals surface area contributed by atoms with Crippen LogP contribution in [0.3, 0.4) is 0 Å². The fourth-order valence-corrected chi connectivity index (χ4v) is 2.51. The van der Waals surface area contributed by atoms with Gasteiger partial charge in [-0.05, 0) is 24.1 Å². The van der Waals surface area contributed by atoms with E-state index in [1.54, 1.807) is 12.1 Å². The Kier molecular flexibility index (Phi) is 5.31. The van der Waals surface area contributed by atoms with Crippen molar-refractivity contribution < 1.29 is 18.7 Å². The van der Waals surface area contributed by atoms with E-state index < -0.39 is 5.92 Å². The Morgan fingerprint density at radius 2 is 2.10 bits per heavy atom. The molecule has 0 aliphatic carbocycles. The minimum atomic E-state index is -0.412. The number of amides is 1. The number of rotatable bonds is 5. The molecule has 5 heteroatoms. The van der Waals surface area contributed by atoms with Crippen molar-refractivity contribution in [2.45, 2.75) is 32.1 Å². The lowest BCUT2D eigenvalue weighted by atomic mass is 9.81. The summed E-state index contributed by atoms with van der Waals surface area (Å²) in [7, 11) is 0. The minimum Gasteiger partial charge on any atom is -0.465 e. The molecule has 1 amide bonds. The maximum absolute atomic E-state index is 13.0. The summed E-state index contributed by atoms with van der Waals surface area (Å²) in [5.74, 6) is -1.39. The third-order valence-electron chi connectivity index (χ3n) is 3.75. The summed E-state index contributed by atoms with van der Waals surface area (Å²) in [6, 6.07) is 5.96. The van der Waals surface area contributed by atoms with Gasteiger partial charge in [-0.25, -0.2) is 4.39 Å². The highest BCUT2D eigenvalue weighted by atomic mass is 19.1. The summed E-state index contributed by atoms with van der Waals surface area (Å²) >= 11 is 0. The molecule has 0 saturated carbocycles. The van der Waals surface area contributed by atoms with Crippen LogP contribution in [0.5, 0.6) is 0 Å². The van der Waals surface area contributed by atoms with Crippen LogP contribution in [0.25, 0.3) is 0 Å². The van der Waals surface area contributed by atoms with E-state index in [1.807, 2.05) is 6.92 Å². The Morgan fingerprint density at radius 3 is 2.76 bits per heavy atom. The van der Waals surface area contributed by atoms with Crippen molar-refractivity contribution in [3.05, 3.63) is 35.6 Å². The quantitative estimate of drug-likeness (QED) is 0.670. The maximum atomic E-state index is 13.0. The largest absolute Gasteiger partial charge is 0.465 e. The monoisotopic (exact) mass is 293 g/mol. The SMILES string of the molecule is CCCCOC(=O)[C@@H]1CNC(=O)C[C@@H]1c1ccc(F)cc1. The number of halogens is 1. The van der Waals surface area contributed by atoms with Gasteiger partial charge in [-0.1, -0.05) is 25.5 Å². The van der Waals surface area contributed by atoms with Crippen molar-refractivity contribution in [3.8, 4) is 0 Å². The number of carbonyl (C=O) groups excluding carboxylic acids is 2. The van der Waals surface area contributed by atoms with Crippen molar-refractivity contribution >= 4 is 11.9 Å². The summed E-state index contributed by atoms with van der Waals surface area (Å²) in [5, 5.41) is 2.70. The first-order valence-corrected chi connectivity index (χ1v) is 7.30. The number of esters is 1. The fraction of sp³-hybridized carbons (Fsp3) is 0.500. The Labute approximate surface area is 123 Å². The summed E-state index contributed by atoms with van der Waals surface area (Å²) in [4.78, 5) is 23.8. The number of carbonyl (C=O) groups is 2. The number of hydrogen-bond acceptors (Lipinski definition) is 3. The maximum Gasteiger partial charge on any atom is 0.311 e. The zero-order chi connectivity index (χ0) is 15.2. The molecule has 1 N–H and O–H groups in total. The van der Waals surface area contributed by atoms with Crippen LogP contribution < -0.4 is 5.32 Å². The van der Waals surface area contributed by atoms with E-state index in [9.17, 15) is 14.0 Å². The lowest BCUT2D eigenvalue weighted by molar-refractivity contribution is -0.150. The smallest absolute Gasteiger partial charge is 0.311 e. The van der Waals surface area contributed by atoms with Crippen LogP contribution in [-0.2, 0) is 14.3 Å². The van der Waals surface area contributed by atoms with Crippen molar-refractivity contribution in [3.63, 3.8) is 0 Å². The first kappa shape index (κ1) is 15.5. The molecule has 1 aliphatic heterocycles. The molecule has 0 bridgehead atoms. The normalized spacial score (nSPS) is 21.7. The summed E-state index contributed by atoms with van der Waals surface area (Å²) < 4.78 is 18.3. The predicted octanol–water partition coefficient (Wildman–Crippen LogP) is 2.39. The highest BCUT2D eigenvalue weighted by Crippen LogP contribution is 2.31. The van der Waals surface area contributed by atoms with E-state index >= 15 is 0 Å². The molecule has 1 fully saturated rings. The van der Waals surface area contributed by atoms with E-state index in [-0.39, 0.29) is 36.6 Å². The molecule has 0 radical (unpaired) electrons. The van der Waals surface area contributed by atoms with Gasteiger partial charge in [0.05, 0.1) is 12.5 Å². The predicted molar refractivity (Wildman–Crippen MR) is 76.1 cm³/mol. The van der Waals surface area contributed by atoms with E-state index in [1.165, 1.54) is 12.1 Å². The van der Waals surface area contributed by atoms with Crippen LogP contribution in [0.4, 0.5) is 4.39 Å². The number of nitrogens with one attached hydrogen (secondary N) is 1. The second-order valence-electron chi connectivity index (χ2n) is 5.29. The molecule has 1 aliphatic rings. The first-order valence-electron chi connectivity index (χ1n) is 7.30. The molecule has 2 atom stereocenters. The van der Waals surface area contributed by atoms with Gasteiger partial charge in [0.25, 0.3) is 0 Å². The van der Waals surface area contributed by atoms with Crippen LogP contribution in [0, 0.1) is 11.7 Å². The molecule has 0 spiro atoms. The lowest BCUT2D eigenvalue weighted by Crippen LogP contribution is -2.43. The number of ether oxygens (including phenoxy) is 1. The van der Waals surface area contributed by atoms with Crippen LogP contribution in [0.2, 0.25) is 0 Å². The van der Waals surface area contributed by atoms with Crippen molar-refractivity contribution in [1.29, 1.82) is 0 Å². The van der Waals surface area contributed by atoms with Gasteiger partial charge in [0.15, 0.2) is 0 Å². The minimum absolute atomic E-state index is 0.0954. The van der Waals surface area contributed by atoms with Gasteiger partial charge < -0.3 is 10.1 Å². The summed E-state index contributed by atoms with van der Waals surface area (Å²) in [6.07, 6.45) is 2.00. The van der Waals surface area contributed by atoms with E-state index in [2.05, 4.69) is 5.32 Å². The Balaban J connectivity index is 2.11. The van der Waals surface area contributed by atoms with Crippen LogP contribution in [0.15, 0.2) is 24.3 Å². The van der Waals surface area contributed by atoms with Gasteiger partial charge in [-0.3, -0.25) is 9.59 Å².